The van der Waals surface area contributed by atoms with E-state index in [1.54, 1.807) is 30.3 Å². The van der Waals surface area contributed by atoms with Crippen molar-refractivity contribution in [2.75, 3.05) is 18.0 Å². The van der Waals surface area contributed by atoms with Crippen LogP contribution in [-0.4, -0.2) is 32.4 Å². The number of halogens is 2. The topological polar surface area (TPSA) is 63.7 Å². The molecule has 26 heavy (non-hydrogen) atoms. The quantitative estimate of drug-likeness (QED) is 0.532. The Morgan fingerprint density at radius 3 is 2.46 bits per heavy atom. The summed E-state index contributed by atoms with van der Waals surface area (Å²) >= 11 is 11.8. The number of sulfonamides is 1. The number of nitrogens with zero attached hydrogens (tertiary/aromatic N) is 1. The van der Waals surface area contributed by atoms with Gasteiger partial charge < -0.3 is 4.74 Å². The Hall–Kier alpha value is -1.76. The smallest absolute Gasteiger partial charge is 0.338 e. The first-order valence-electron chi connectivity index (χ1n) is 7.91. The van der Waals surface area contributed by atoms with Crippen molar-refractivity contribution in [3.63, 3.8) is 0 Å². The number of esters is 1. The Morgan fingerprint density at radius 2 is 1.85 bits per heavy atom. The Labute approximate surface area is 162 Å². The largest absolute Gasteiger partial charge is 0.462 e. The summed E-state index contributed by atoms with van der Waals surface area (Å²) in [6.45, 7) is 0.104. The van der Waals surface area contributed by atoms with E-state index < -0.39 is 20.3 Å². The van der Waals surface area contributed by atoms with Gasteiger partial charge in [0.2, 0.25) is 0 Å². The average Bonchev–Trinajstić information content (AvgIpc) is 3.26. The van der Waals surface area contributed by atoms with Gasteiger partial charge in [-0.15, -0.1) is 23.2 Å². The summed E-state index contributed by atoms with van der Waals surface area (Å²) in [5.41, 5.74) is 0.678. The van der Waals surface area contributed by atoms with Crippen molar-refractivity contribution in [1.29, 1.82) is 0 Å². The van der Waals surface area contributed by atoms with E-state index in [4.69, 9.17) is 27.9 Å². The van der Waals surface area contributed by atoms with Gasteiger partial charge in [-0.2, -0.15) is 0 Å². The van der Waals surface area contributed by atoms with E-state index >= 15 is 0 Å². The molecule has 1 fully saturated rings. The fourth-order valence-electron chi connectivity index (χ4n) is 2.43. The van der Waals surface area contributed by atoms with Crippen LogP contribution in [0.15, 0.2) is 59.5 Å². The first kappa shape index (κ1) is 19.0. The maximum Gasteiger partial charge on any atom is 0.338 e. The van der Waals surface area contributed by atoms with Crippen molar-refractivity contribution < 1.29 is 17.9 Å². The predicted molar refractivity (Wildman–Crippen MR) is 101 cm³/mol. The van der Waals surface area contributed by atoms with Crippen molar-refractivity contribution in [2.45, 2.75) is 15.6 Å². The minimum atomic E-state index is -3.80. The summed E-state index contributed by atoms with van der Waals surface area (Å²) in [5, 5.41) is 0. The molecule has 138 valence electrons. The van der Waals surface area contributed by atoms with Gasteiger partial charge in [0.15, 0.2) is 0 Å². The van der Waals surface area contributed by atoms with Crippen LogP contribution in [0, 0.1) is 5.92 Å². The first-order valence-corrected chi connectivity index (χ1v) is 10.1. The lowest BCUT2D eigenvalue weighted by atomic mass is 10.2. The van der Waals surface area contributed by atoms with Gasteiger partial charge >= 0.3 is 5.97 Å². The highest BCUT2D eigenvalue weighted by atomic mass is 35.5. The maximum absolute atomic E-state index is 12.8. The van der Waals surface area contributed by atoms with E-state index in [-0.39, 0.29) is 23.0 Å². The molecule has 0 unspecified atom stereocenters. The molecule has 2 aromatic carbocycles. The van der Waals surface area contributed by atoms with Gasteiger partial charge in [-0.25, -0.2) is 13.2 Å². The molecule has 0 N–H and O–H groups in total. The number of hydrogen-bond acceptors (Lipinski definition) is 4. The second-order valence-corrected chi connectivity index (χ2v) is 9.61. The number of para-hydroxylation sites is 1. The van der Waals surface area contributed by atoms with Crippen molar-refractivity contribution in [2.24, 2.45) is 5.92 Å². The third-order valence-corrected chi connectivity index (χ3v) is 6.93. The SMILES string of the molecule is CN(c1ccccc1)S(=O)(=O)c1cccc(C(=O)OC[C@@H]2CC2(Cl)Cl)c1. The molecule has 0 bridgehead atoms. The summed E-state index contributed by atoms with van der Waals surface area (Å²) in [6.07, 6.45) is 0.569. The molecule has 0 heterocycles. The number of ether oxygens (including phenoxy) is 1. The second-order valence-electron chi connectivity index (χ2n) is 6.10. The molecular formula is C18H17Cl2NO4S. The average molecular weight is 414 g/mol. The molecule has 0 radical (unpaired) electrons. The fraction of sp³-hybridized carbons (Fsp3) is 0.278. The lowest BCUT2D eigenvalue weighted by Gasteiger charge is -2.19. The van der Waals surface area contributed by atoms with E-state index in [1.807, 2.05) is 0 Å². The predicted octanol–water partition coefficient (Wildman–Crippen LogP) is 3.86. The Morgan fingerprint density at radius 1 is 1.19 bits per heavy atom. The van der Waals surface area contributed by atoms with Crippen LogP contribution < -0.4 is 4.31 Å². The molecule has 1 atom stereocenters. The molecule has 1 saturated carbocycles. The van der Waals surface area contributed by atoms with Crippen molar-refractivity contribution in [3.05, 3.63) is 60.2 Å². The zero-order valence-electron chi connectivity index (χ0n) is 13.9. The van der Waals surface area contributed by atoms with E-state index in [2.05, 4.69) is 0 Å². The van der Waals surface area contributed by atoms with Crippen LogP contribution in [0.2, 0.25) is 0 Å². The highest BCUT2D eigenvalue weighted by molar-refractivity contribution is 7.92. The van der Waals surface area contributed by atoms with Gasteiger partial charge in [0.05, 0.1) is 22.8 Å². The van der Waals surface area contributed by atoms with Crippen molar-refractivity contribution >= 4 is 44.9 Å². The van der Waals surface area contributed by atoms with Crippen LogP contribution in [0.25, 0.3) is 0 Å². The van der Waals surface area contributed by atoms with Gasteiger partial charge in [-0.3, -0.25) is 4.31 Å². The number of alkyl halides is 2. The van der Waals surface area contributed by atoms with Crippen LogP contribution in [0.3, 0.4) is 0 Å². The second kappa shape index (κ2) is 7.10. The summed E-state index contributed by atoms with van der Waals surface area (Å²) < 4.78 is 31.1. The van der Waals surface area contributed by atoms with E-state index in [0.717, 1.165) is 4.31 Å². The van der Waals surface area contributed by atoms with Gasteiger partial charge in [-0.05, 0) is 36.8 Å². The third kappa shape index (κ3) is 3.98. The van der Waals surface area contributed by atoms with E-state index in [9.17, 15) is 13.2 Å². The van der Waals surface area contributed by atoms with Crippen molar-refractivity contribution in [3.8, 4) is 0 Å². The maximum atomic E-state index is 12.8. The van der Waals surface area contributed by atoms with Gasteiger partial charge in [0.1, 0.15) is 4.33 Å². The lowest BCUT2D eigenvalue weighted by molar-refractivity contribution is 0.0485. The van der Waals surface area contributed by atoms with E-state index in [1.165, 1.54) is 31.3 Å². The van der Waals surface area contributed by atoms with Gasteiger partial charge in [0, 0.05) is 13.0 Å². The Kier molecular flexibility index (Phi) is 5.19. The molecule has 1 aliphatic rings. The number of rotatable bonds is 6. The van der Waals surface area contributed by atoms with E-state index in [0.29, 0.717) is 12.1 Å². The molecule has 1 aliphatic carbocycles. The minimum absolute atomic E-state index is 0.00811. The number of hydrogen-bond donors (Lipinski definition) is 0. The van der Waals surface area contributed by atoms with Crippen LogP contribution in [-0.2, 0) is 14.8 Å². The molecule has 5 nitrogen and oxygen atoms in total. The summed E-state index contributed by atoms with van der Waals surface area (Å²) in [6, 6.07) is 14.4. The summed E-state index contributed by atoms with van der Waals surface area (Å²) in [5.74, 6) is -0.702. The van der Waals surface area contributed by atoms with Crippen LogP contribution in [0.1, 0.15) is 16.8 Å². The molecule has 0 aromatic heterocycles. The van der Waals surface area contributed by atoms with Gasteiger partial charge in [-0.1, -0.05) is 24.3 Å². The van der Waals surface area contributed by atoms with Crippen LogP contribution >= 0.6 is 23.2 Å². The molecule has 3 rings (SSSR count). The highest BCUT2D eigenvalue weighted by Gasteiger charge is 2.52. The minimum Gasteiger partial charge on any atom is -0.462 e. The lowest BCUT2D eigenvalue weighted by Crippen LogP contribution is -2.26. The standard InChI is InChI=1S/C18H17Cl2NO4S/c1-21(15-7-3-2-4-8-15)26(23,24)16-9-5-6-13(10-16)17(22)25-12-14-11-18(14,19)20/h2-10,14H,11-12H2,1H3/t14-/m0/s1. The van der Waals surface area contributed by atoms with Crippen LogP contribution in [0.5, 0.6) is 0 Å². The number of anilines is 1. The zero-order valence-corrected chi connectivity index (χ0v) is 16.3. The molecular weight excluding hydrogens is 397 g/mol. The zero-order chi connectivity index (χ0) is 18.9. The number of carbonyl (C=O) groups is 1. The normalized spacial score (nSPS) is 18.2. The van der Waals surface area contributed by atoms with Crippen molar-refractivity contribution in [1.82, 2.24) is 0 Å². The molecule has 2 aromatic rings. The summed E-state index contributed by atoms with van der Waals surface area (Å²) in [7, 11) is -2.34. The number of benzene rings is 2. The molecule has 0 spiro atoms. The van der Waals surface area contributed by atoms with Crippen LogP contribution in [0.4, 0.5) is 5.69 Å². The third-order valence-electron chi connectivity index (χ3n) is 4.22. The summed E-state index contributed by atoms with van der Waals surface area (Å²) in [4.78, 5) is 12.2. The molecule has 8 heteroatoms. The Bertz CT molecular complexity index is 916. The molecule has 0 amide bonds. The molecule has 0 saturated heterocycles. The van der Waals surface area contributed by atoms with Gasteiger partial charge in [0.25, 0.3) is 10.0 Å². The fourth-order valence-corrected chi connectivity index (χ4v) is 4.17. The Balaban J connectivity index is 1.76. The number of carbonyl (C=O) groups excluding carboxylic acids is 1. The monoisotopic (exact) mass is 413 g/mol. The molecule has 0 aliphatic heterocycles. The highest BCUT2D eigenvalue weighted by Crippen LogP contribution is 2.53. The first-order chi connectivity index (χ1) is 12.2.